The highest BCUT2D eigenvalue weighted by atomic mass is 32.1. The van der Waals surface area contributed by atoms with E-state index in [-0.39, 0.29) is 12.8 Å². The number of aromatic nitrogens is 2. The van der Waals surface area contributed by atoms with Crippen molar-refractivity contribution < 1.29 is 19.8 Å². The summed E-state index contributed by atoms with van der Waals surface area (Å²) < 4.78 is 0. The molecule has 0 saturated heterocycles. The van der Waals surface area contributed by atoms with Gasteiger partial charge in [-0.05, 0) is 12.8 Å². The maximum Gasteiger partial charge on any atom is 0.303 e. The average Bonchev–Trinajstić information content (AvgIpc) is 3.24. The summed E-state index contributed by atoms with van der Waals surface area (Å²) in [6.07, 6.45) is 9.19. The van der Waals surface area contributed by atoms with Crippen molar-refractivity contribution >= 4 is 44.9 Å². The average molecular weight is 403 g/mol. The third-order valence-electron chi connectivity index (χ3n) is 2.93. The number of carbonyl (C=O) groups is 2. The van der Waals surface area contributed by atoms with Gasteiger partial charge in [-0.1, -0.05) is 25.7 Å². The second kappa shape index (κ2) is 16.3. The molecule has 0 aromatic carbocycles. The van der Waals surface area contributed by atoms with Gasteiger partial charge in [-0.2, -0.15) is 0 Å². The van der Waals surface area contributed by atoms with Crippen molar-refractivity contribution in [2.24, 2.45) is 0 Å². The predicted octanol–water partition coefficient (Wildman–Crippen LogP) is 3.73. The third kappa shape index (κ3) is 18.1. The van der Waals surface area contributed by atoms with E-state index in [1.807, 2.05) is 10.8 Å². The Hall–Kier alpha value is -2.20. The Morgan fingerprint density at radius 2 is 1.12 bits per heavy atom. The monoisotopic (exact) mass is 402 g/mol. The largest absolute Gasteiger partial charge is 0.481 e. The minimum absolute atomic E-state index is 0.245. The molecule has 2 aromatic rings. The number of unbranched alkanes of at least 4 members (excludes halogenated alkanes) is 5. The van der Waals surface area contributed by atoms with Gasteiger partial charge in [-0.25, -0.2) is 9.97 Å². The first-order valence-corrected chi connectivity index (χ1v) is 9.91. The molecule has 0 amide bonds. The van der Waals surface area contributed by atoms with Gasteiger partial charge < -0.3 is 21.7 Å². The number of hydrogen-bond acceptors (Lipinski definition) is 8. The molecule has 2 rings (SSSR count). The van der Waals surface area contributed by atoms with Crippen LogP contribution in [-0.2, 0) is 9.59 Å². The van der Waals surface area contributed by atoms with Crippen molar-refractivity contribution in [1.29, 1.82) is 0 Å². The van der Waals surface area contributed by atoms with Crippen LogP contribution in [-0.4, -0.2) is 32.1 Å². The molecule has 0 radical (unpaired) electrons. The smallest absolute Gasteiger partial charge is 0.303 e. The summed E-state index contributed by atoms with van der Waals surface area (Å²) in [4.78, 5) is 27.7. The van der Waals surface area contributed by atoms with Gasteiger partial charge in [-0.3, -0.25) is 9.59 Å². The van der Waals surface area contributed by atoms with Crippen molar-refractivity contribution in [2.45, 2.75) is 51.4 Å². The second-order valence-corrected chi connectivity index (χ2v) is 7.00. The lowest BCUT2D eigenvalue weighted by atomic mass is 10.1. The minimum atomic E-state index is -0.740. The number of hydrogen-bond donors (Lipinski definition) is 4. The second-order valence-electron chi connectivity index (χ2n) is 5.15. The molecular formula is C16H26N4O4S2. The van der Waals surface area contributed by atoms with E-state index >= 15 is 0 Å². The fourth-order valence-corrected chi connectivity index (χ4v) is 2.49. The fraction of sp³-hybridized carbons (Fsp3) is 0.500. The summed E-state index contributed by atoms with van der Waals surface area (Å²) >= 11 is 2.89. The fourth-order valence-electron chi connectivity index (χ4n) is 1.73. The molecule has 8 nitrogen and oxygen atoms in total. The van der Waals surface area contributed by atoms with Gasteiger partial charge in [0, 0.05) is 36.0 Å². The summed E-state index contributed by atoms with van der Waals surface area (Å²) in [5, 5.41) is 21.7. The van der Waals surface area contributed by atoms with Gasteiger partial charge in [0.2, 0.25) is 0 Å². The minimum Gasteiger partial charge on any atom is -0.481 e. The first-order chi connectivity index (χ1) is 12.4. The van der Waals surface area contributed by atoms with Crippen LogP contribution in [0.4, 0.5) is 10.3 Å². The van der Waals surface area contributed by atoms with Crippen LogP contribution in [0, 0.1) is 0 Å². The number of carboxylic acid groups (broad SMARTS) is 2. The van der Waals surface area contributed by atoms with E-state index in [1.54, 1.807) is 12.4 Å². The van der Waals surface area contributed by atoms with Crippen molar-refractivity contribution in [3.8, 4) is 0 Å². The maximum atomic E-state index is 10.1. The van der Waals surface area contributed by atoms with Gasteiger partial charge >= 0.3 is 11.9 Å². The number of rotatable bonds is 9. The van der Waals surface area contributed by atoms with E-state index in [4.69, 9.17) is 21.7 Å². The number of carboxylic acids is 2. The normalized spacial score (nSPS) is 9.38. The van der Waals surface area contributed by atoms with Crippen LogP contribution in [0.5, 0.6) is 0 Å². The van der Waals surface area contributed by atoms with Gasteiger partial charge in [0.25, 0.3) is 0 Å². The molecule has 26 heavy (non-hydrogen) atoms. The van der Waals surface area contributed by atoms with Crippen molar-refractivity contribution in [3.05, 3.63) is 23.2 Å². The lowest BCUT2D eigenvalue weighted by Gasteiger charge is -1.98. The van der Waals surface area contributed by atoms with Gasteiger partial charge in [0.05, 0.1) is 0 Å². The standard InChI is InChI=1S/C10H18O4.2C3H4N2S/c11-9(12)7-5-3-1-2-4-6-8-10(13)14;2*4-3-5-1-2-6-3/h1-8H2,(H,11,12)(H,13,14);2*1-2H,(H2,4,5). The Labute approximate surface area is 160 Å². The Morgan fingerprint density at radius 1 is 0.769 bits per heavy atom. The molecule has 0 aliphatic rings. The Balaban J connectivity index is 0.000000421. The zero-order valence-electron chi connectivity index (χ0n) is 14.5. The van der Waals surface area contributed by atoms with Gasteiger partial charge in [0.1, 0.15) is 0 Å². The van der Waals surface area contributed by atoms with Crippen molar-refractivity contribution in [2.75, 3.05) is 11.5 Å². The highest BCUT2D eigenvalue weighted by Crippen LogP contribution is 2.08. The third-order valence-corrected chi connectivity index (χ3v) is 4.14. The summed E-state index contributed by atoms with van der Waals surface area (Å²) in [6.45, 7) is 0. The van der Waals surface area contributed by atoms with Crippen LogP contribution in [0.15, 0.2) is 23.2 Å². The van der Waals surface area contributed by atoms with E-state index < -0.39 is 11.9 Å². The molecule has 0 saturated carbocycles. The number of nitrogens with two attached hydrogens (primary N) is 2. The Kier molecular flexibility index (Phi) is 14.9. The molecule has 2 aromatic heterocycles. The van der Waals surface area contributed by atoms with Crippen LogP contribution >= 0.6 is 22.7 Å². The molecule has 0 fully saturated rings. The molecule has 0 aliphatic heterocycles. The molecule has 146 valence electrons. The van der Waals surface area contributed by atoms with Gasteiger partial charge in [0.15, 0.2) is 10.3 Å². The van der Waals surface area contributed by atoms with Crippen LogP contribution in [0.2, 0.25) is 0 Å². The topological polar surface area (TPSA) is 152 Å². The first-order valence-electron chi connectivity index (χ1n) is 8.15. The van der Waals surface area contributed by atoms with Crippen molar-refractivity contribution in [3.63, 3.8) is 0 Å². The molecule has 0 aliphatic carbocycles. The number of anilines is 2. The Morgan fingerprint density at radius 3 is 1.31 bits per heavy atom. The van der Waals surface area contributed by atoms with E-state index in [0.29, 0.717) is 10.3 Å². The number of nitrogens with zero attached hydrogens (tertiary/aromatic N) is 2. The lowest BCUT2D eigenvalue weighted by Crippen LogP contribution is -1.94. The molecule has 0 unspecified atom stereocenters. The van der Waals surface area contributed by atoms with Gasteiger partial charge in [-0.15, -0.1) is 22.7 Å². The SMILES string of the molecule is Nc1nccs1.Nc1nccs1.O=C(O)CCCCCCCCC(=O)O. The van der Waals surface area contributed by atoms with E-state index in [0.717, 1.165) is 38.5 Å². The molecule has 0 spiro atoms. The summed E-state index contributed by atoms with van der Waals surface area (Å²) in [5.41, 5.74) is 10.4. The Bertz CT molecular complexity index is 525. The van der Waals surface area contributed by atoms with E-state index in [2.05, 4.69) is 9.97 Å². The number of aliphatic carboxylic acids is 2. The number of thiazole rings is 2. The first kappa shape index (κ1) is 23.8. The molecule has 0 bridgehead atoms. The predicted molar refractivity (Wildman–Crippen MR) is 105 cm³/mol. The molecule has 2 heterocycles. The molecule has 10 heteroatoms. The molecular weight excluding hydrogens is 376 g/mol. The molecule has 6 N–H and O–H groups in total. The maximum absolute atomic E-state index is 10.1. The van der Waals surface area contributed by atoms with Crippen LogP contribution in [0.25, 0.3) is 0 Å². The van der Waals surface area contributed by atoms with E-state index in [9.17, 15) is 9.59 Å². The summed E-state index contributed by atoms with van der Waals surface area (Å²) in [7, 11) is 0. The van der Waals surface area contributed by atoms with Crippen molar-refractivity contribution in [1.82, 2.24) is 9.97 Å². The zero-order valence-corrected chi connectivity index (χ0v) is 16.2. The highest BCUT2D eigenvalue weighted by molar-refractivity contribution is 7.13. The quantitative estimate of drug-likeness (QED) is 0.463. The van der Waals surface area contributed by atoms with Crippen LogP contribution in [0.3, 0.4) is 0 Å². The molecule has 0 atom stereocenters. The number of nitrogen functional groups attached to an aromatic ring is 2. The van der Waals surface area contributed by atoms with Crippen LogP contribution in [0.1, 0.15) is 51.4 Å². The summed E-state index contributed by atoms with van der Waals surface area (Å²) in [5.74, 6) is -1.48. The van der Waals surface area contributed by atoms with Crippen LogP contribution < -0.4 is 11.5 Å². The lowest BCUT2D eigenvalue weighted by molar-refractivity contribution is -0.138. The van der Waals surface area contributed by atoms with E-state index in [1.165, 1.54) is 22.7 Å². The highest BCUT2D eigenvalue weighted by Gasteiger charge is 1.98. The zero-order chi connectivity index (χ0) is 19.6. The summed E-state index contributed by atoms with van der Waals surface area (Å²) in [6, 6.07) is 0.